The van der Waals surface area contributed by atoms with Crippen LogP contribution in [0.5, 0.6) is 0 Å². The fourth-order valence-electron chi connectivity index (χ4n) is 1.29. The minimum atomic E-state index is -4.42. The zero-order valence-corrected chi connectivity index (χ0v) is 11.0. The lowest BCUT2D eigenvalue weighted by Crippen LogP contribution is -2.46. The molecule has 0 aliphatic carbocycles. The van der Waals surface area contributed by atoms with Crippen molar-refractivity contribution in [3.8, 4) is 0 Å². The van der Waals surface area contributed by atoms with Crippen LogP contribution in [0, 0.1) is 0 Å². The molecule has 1 saturated heterocycles. The van der Waals surface area contributed by atoms with Crippen LogP contribution in [-0.2, 0) is 38.1 Å². The smallest absolute Gasteiger partial charge is 0.339 e. The fourth-order valence-corrected chi connectivity index (χ4v) is 4.47. The van der Waals surface area contributed by atoms with Crippen molar-refractivity contribution in [1.82, 2.24) is 0 Å². The van der Waals surface area contributed by atoms with Crippen LogP contribution in [0.15, 0.2) is 0 Å². The molecule has 1 heterocycles. The molecule has 0 bridgehead atoms. The van der Waals surface area contributed by atoms with E-state index in [4.69, 9.17) is 0 Å². The summed E-state index contributed by atoms with van der Waals surface area (Å²) < 4.78 is 58.7. The molecule has 0 N–H and O–H groups in total. The summed E-state index contributed by atoms with van der Waals surface area (Å²) >= 11 is 0. The van der Waals surface area contributed by atoms with E-state index < -0.39 is 43.0 Å². The Morgan fingerprint density at radius 2 is 1.76 bits per heavy atom. The molecule has 8 nitrogen and oxygen atoms in total. The van der Waals surface area contributed by atoms with Crippen LogP contribution in [0.3, 0.4) is 0 Å². The second-order valence-corrected chi connectivity index (χ2v) is 7.45. The summed E-state index contributed by atoms with van der Waals surface area (Å²) in [4.78, 5) is 11.3. The molecular weight excluding hydrogens is 276 g/mol. The van der Waals surface area contributed by atoms with Gasteiger partial charge in [-0.15, -0.1) is 0 Å². The van der Waals surface area contributed by atoms with E-state index in [-0.39, 0.29) is 0 Å². The first-order chi connectivity index (χ1) is 7.49. The molecule has 0 radical (unpaired) electrons. The third-order valence-corrected chi connectivity index (χ3v) is 5.40. The highest BCUT2D eigenvalue weighted by atomic mass is 32.3. The minimum absolute atomic E-state index is 1.02. The quantitative estimate of drug-likeness (QED) is 0.444. The Labute approximate surface area is 99.1 Å². The molecule has 1 fully saturated rings. The van der Waals surface area contributed by atoms with Crippen LogP contribution < -0.4 is 0 Å². The molecule has 10 heteroatoms. The predicted octanol–water partition coefficient (Wildman–Crippen LogP) is -1.03. The van der Waals surface area contributed by atoms with E-state index in [0.29, 0.717) is 0 Å². The molecule has 1 aliphatic heterocycles. The maximum atomic E-state index is 11.3. The Morgan fingerprint density at radius 3 is 2.24 bits per heavy atom. The van der Waals surface area contributed by atoms with Gasteiger partial charge in [-0.25, -0.2) is 4.79 Å². The van der Waals surface area contributed by atoms with E-state index in [9.17, 15) is 21.6 Å². The van der Waals surface area contributed by atoms with Gasteiger partial charge in [-0.1, -0.05) is 0 Å². The van der Waals surface area contributed by atoms with E-state index in [1.54, 1.807) is 0 Å². The third kappa shape index (κ3) is 3.37. The maximum Gasteiger partial charge on any atom is 0.339 e. The number of esters is 1. The summed E-state index contributed by atoms with van der Waals surface area (Å²) in [7, 11) is -7.72. The molecule has 0 amide bonds. The van der Waals surface area contributed by atoms with Gasteiger partial charge in [0.25, 0.3) is 20.2 Å². The lowest BCUT2D eigenvalue weighted by atomic mass is 10.0. The monoisotopic (exact) mass is 288 g/mol. The van der Waals surface area contributed by atoms with E-state index in [2.05, 4.69) is 13.1 Å². The van der Waals surface area contributed by atoms with Crippen LogP contribution in [0.2, 0.25) is 0 Å². The molecule has 1 unspecified atom stereocenters. The van der Waals surface area contributed by atoms with Crippen molar-refractivity contribution in [2.24, 2.45) is 0 Å². The standard InChI is InChI=1S/C7H12O8S2/c1-7(2)5(6(8)13-3)14-16(9,10)4-17(11,12)15-7/h5H,4H2,1-3H3. The van der Waals surface area contributed by atoms with Crippen molar-refractivity contribution in [2.45, 2.75) is 25.6 Å². The van der Waals surface area contributed by atoms with Crippen LogP contribution >= 0.6 is 0 Å². The van der Waals surface area contributed by atoms with Crippen molar-refractivity contribution < 1.29 is 34.7 Å². The summed E-state index contributed by atoms with van der Waals surface area (Å²) in [5, 5.41) is -1.34. The average molecular weight is 288 g/mol. The first-order valence-electron chi connectivity index (χ1n) is 4.41. The van der Waals surface area contributed by atoms with Crippen molar-refractivity contribution in [1.29, 1.82) is 0 Å². The Morgan fingerprint density at radius 1 is 1.24 bits per heavy atom. The highest BCUT2D eigenvalue weighted by molar-refractivity contribution is 8.03. The summed E-state index contributed by atoms with van der Waals surface area (Å²) in [6, 6.07) is 0. The van der Waals surface area contributed by atoms with E-state index in [1.165, 1.54) is 13.8 Å². The SMILES string of the molecule is COC(=O)C1OS(=O)(=O)CS(=O)(=O)OC1(C)C. The summed E-state index contributed by atoms with van der Waals surface area (Å²) in [5.41, 5.74) is -1.67. The molecule has 1 rings (SSSR count). The van der Waals surface area contributed by atoms with Gasteiger partial charge in [0.2, 0.25) is 11.2 Å². The molecule has 1 atom stereocenters. The number of hydrogen-bond acceptors (Lipinski definition) is 8. The second-order valence-electron chi connectivity index (χ2n) is 3.92. The molecule has 0 saturated carbocycles. The van der Waals surface area contributed by atoms with Crippen LogP contribution in [0.1, 0.15) is 13.8 Å². The van der Waals surface area contributed by atoms with Crippen LogP contribution in [-0.4, -0.2) is 46.7 Å². The van der Waals surface area contributed by atoms with Gasteiger partial charge in [0, 0.05) is 0 Å². The van der Waals surface area contributed by atoms with Gasteiger partial charge in [-0.3, -0.25) is 8.37 Å². The first kappa shape index (κ1) is 14.4. The second kappa shape index (κ2) is 4.19. The summed E-state index contributed by atoms with van der Waals surface area (Å²) in [6.45, 7) is 2.43. The molecule has 0 aromatic rings. The van der Waals surface area contributed by atoms with Crippen molar-refractivity contribution >= 4 is 26.2 Å². The fraction of sp³-hybridized carbons (Fsp3) is 0.857. The molecular formula is C7H12O8S2. The Hall–Kier alpha value is -0.710. The van der Waals surface area contributed by atoms with Gasteiger partial charge < -0.3 is 4.74 Å². The molecule has 0 spiro atoms. The third-order valence-electron chi connectivity index (χ3n) is 1.92. The highest BCUT2D eigenvalue weighted by Gasteiger charge is 2.49. The molecule has 0 aromatic carbocycles. The van der Waals surface area contributed by atoms with Gasteiger partial charge in [0.05, 0.1) is 7.11 Å². The van der Waals surface area contributed by atoms with E-state index >= 15 is 0 Å². The lowest BCUT2D eigenvalue weighted by Gasteiger charge is -2.26. The number of methoxy groups -OCH3 is 1. The number of carbonyl (C=O) groups excluding carboxylic acids is 1. The van der Waals surface area contributed by atoms with Crippen molar-refractivity contribution in [2.75, 3.05) is 12.2 Å². The lowest BCUT2D eigenvalue weighted by molar-refractivity contribution is -0.157. The predicted molar refractivity (Wildman–Crippen MR) is 54.8 cm³/mol. The van der Waals surface area contributed by atoms with E-state index in [1.807, 2.05) is 0 Å². The Balaban J connectivity index is 3.28. The van der Waals surface area contributed by atoms with Gasteiger partial charge in [-0.05, 0) is 13.8 Å². The normalized spacial score (nSPS) is 30.2. The van der Waals surface area contributed by atoms with Crippen LogP contribution in [0.4, 0.5) is 0 Å². The molecule has 100 valence electrons. The largest absolute Gasteiger partial charge is 0.467 e. The molecule has 17 heavy (non-hydrogen) atoms. The number of hydrogen-bond donors (Lipinski definition) is 0. The van der Waals surface area contributed by atoms with Gasteiger partial charge in [-0.2, -0.15) is 16.8 Å². The number of rotatable bonds is 1. The summed E-state index contributed by atoms with van der Waals surface area (Å²) in [5.74, 6) is -1.03. The number of carbonyl (C=O) groups is 1. The van der Waals surface area contributed by atoms with Crippen molar-refractivity contribution in [3.63, 3.8) is 0 Å². The number of ether oxygens (including phenoxy) is 1. The Bertz CT molecular complexity index is 514. The highest BCUT2D eigenvalue weighted by Crippen LogP contribution is 2.28. The molecule has 0 aromatic heterocycles. The van der Waals surface area contributed by atoms with Crippen LogP contribution in [0.25, 0.3) is 0 Å². The average Bonchev–Trinajstić information content (AvgIpc) is 2.14. The van der Waals surface area contributed by atoms with E-state index in [0.717, 1.165) is 7.11 Å². The van der Waals surface area contributed by atoms with Gasteiger partial charge in [0.15, 0.2) is 0 Å². The van der Waals surface area contributed by atoms with Gasteiger partial charge >= 0.3 is 5.97 Å². The topological polar surface area (TPSA) is 113 Å². The maximum absolute atomic E-state index is 11.3. The zero-order valence-electron chi connectivity index (χ0n) is 9.37. The molecule has 1 aliphatic rings. The van der Waals surface area contributed by atoms with Crippen molar-refractivity contribution in [3.05, 3.63) is 0 Å². The minimum Gasteiger partial charge on any atom is -0.467 e. The first-order valence-corrected chi connectivity index (χ1v) is 7.57. The summed E-state index contributed by atoms with van der Waals surface area (Å²) in [6.07, 6.45) is -1.67. The Kier molecular flexibility index (Phi) is 3.54. The zero-order chi connectivity index (χ0) is 13.5. The van der Waals surface area contributed by atoms with Gasteiger partial charge in [0.1, 0.15) is 5.60 Å².